The van der Waals surface area contributed by atoms with E-state index in [-0.39, 0.29) is 18.3 Å². The van der Waals surface area contributed by atoms with Gasteiger partial charge >= 0.3 is 0 Å². The first-order valence-corrected chi connectivity index (χ1v) is 16.5. The summed E-state index contributed by atoms with van der Waals surface area (Å²) in [6.07, 6.45) is 1.93. The number of hydrogen-bond donors (Lipinski definition) is 0. The molecule has 2 aromatic heterocycles. The van der Waals surface area contributed by atoms with Gasteiger partial charge in [0.05, 0.1) is 22.9 Å². The van der Waals surface area contributed by atoms with Crippen LogP contribution in [0.4, 0.5) is 0 Å². The lowest BCUT2D eigenvalue weighted by Crippen LogP contribution is -2.43. The van der Waals surface area contributed by atoms with Crippen LogP contribution in [0.15, 0.2) is 81.7 Å². The minimum atomic E-state index is -0.733. The number of amides is 1. The molecule has 0 fully saturated rings. The summed E-state index contributed by atoms with van der Waals surface area (Å²) < 4.78 is 21.4. The molecule has 47 heavy (non-hydrogen) atoms. The van der Waals surface area contributed by atoms with E-state index in [1.807, 2.05) is 95.3 Å². The van der Waals surface area contributed by atoms with E-state index in [4.69, 9.17) is 19.2 Å². The van der Waals surface area contributed by atoms with Crippen LogP contribution < -0.4 is 29.1 Å². The van der Waals surface area contributed by atoms with E-state index in [1.165, 1.54) is 11.3 Å². The molecule has 1 atom stereocenters. The summed E-state index contributed by atoms with van der Waals surface area (Å²) in [5.41, 5.74) is 5.49. The first-order valence-electron chi connectivity index (χ1n) is 15.7. The maximum absolute atomic E-state index is 14.6. The van der Waals surface area contributed by atoms with Gasteiger partial charge in [-0.3, -0.25) is 14.2 Å². The summed E-state index contributed by atoms with van der Waals surface area (Å²) in [4.78, 5) is 36.0. The number of ether oxygens (including phenoxy) is 3. The van der Waals surface area contributed by atoms with Crippen LogP contribution in [0, 0.1) is 13.8 Å². The lowest BCUT2D eigenvalue weighted by molar-refractivity contribution is -0.127. The average molecular weight is 649 g/mol. The Morgan fingerprint density at radius 2 is 1.81 bits per heavy atom. The van der Waals surface area contributed by atoms with Gasteiger partial charge in [0, 0.05) is 41.8 Å². The molecule has 2 aliphatic heterocycles. The van der Waals surface area contributed by atoms with Gasteiger partial charge in [-0.15, -0.1) is 0 Å². The second kappa shape index (κ2) is 11.9. The van der Waals surface area contributed by atoms with E-state index in [0.717, 1.165) is 44.7 Å². The van der Waals surface area contributed by atoms with Crippen LogP contribution in [0.3, 0.4) is 0 Å². The van der Waals surface area contributed by atoms with Crippen molar-refractivity contribution in [3.05, 3.63) is 114 Å². The van der Waals surface area contributed by atoms with E-state index >= 15 is 0 Å². The summed E-state index contributed by atoms with van der Waals surface area (Å²) >= 11 is 1.33. The molecule has 5 aromatic rings. The van der Waals surface area contributed by atoms with Crippen molar-refractivity contribution in [1.82, 2.24) is 14.0 Å². The van der Waals surface area contributed by atoms with Crippen molar-refractivity contribution in [2.45, 2.75) is 40.7 Å². The quantitative estimate of drug-likeness (QED) is 0.236. The molecule has 0 saturated carbocycles. The summed E-state index contributed by atoms with van der Waals surface area (Å²) in [6, 6.07) is 19.1. The molecule has 0 spiro atoms. The monoisotopic (exact) mass is 648 g/mol. The third-order valence-corrected chi connectivity index (χ3v) is 10.1. The number of rotatable bonds is 7. The van der Waals surface area contributed by atoms with Gasteiger partial charge in [-0.25, -0.2) is 4.99 Å². The fraction of sp³-hybridized carbons (Fsp3) is 0.270. The molecule has 0 saturated heterocycles. The lowest BCUT2D eigenvalue weighted by Gasteiger charge is -2.30. The highest BCUT2D eigenvalue weighted by Crippen LogP contribution is 2.41. The Labute approximate surface area is 276 Å². The van der Waals surface area contributed by atoms with E-state index < -0.39 is 6.04 Å². The zero-order valence-electron chi connectivity index (χ0n) is 27.3. The molecule has 0 bridgehead atoms. The largest absolute Gasteiger partial charge is 0.496 e. The SMILES string of the molecule is CCN(CC)C(=O)C1=C(C)N=c2s/c(=C\c3cc(C)n(-c4ccc5c(c4)OCO5)c3C)c(=O)n2[C@@H]1c1c(OC)ccc2ccccc12. The average Bonchev–Trinajstić information content (AvgIpc) is 3.74. The number of benzene rings is 3. The fourth-order valence-corrected chi connectivity index (χ4v) is 7.82. The van der Waals surface area contributed by atoms with Crippen molar-refractivity contribution in [1.29, 1.82) is 0 Å². The van der Waals surface area contributed by atoms with Gasteiger partial charge in [-0.1, -0.05) is 41.7 Å². The van der Waals surface area contributed by atoms with Crippen LogP contribution in [-0.4, -0.2) is 46.9 Å². The number of fused-ring (bicyclic) bond motifs is 3. The van der Waals surface area contributed by atoms with E-state index in [9.17, 15) is 9.59 Å². The Morgan fingerprint density at radius 3 is 2.57 bits per heavy atom. The maximum Gasteiger partial charge on any atom is 0.271 e. The molecule has 9 nitrogen and oxygen atoms in total. The van der Waals surface area contributed by atoms with Gasteiger partial charge in [-0.2, -0.15) is 0 Å². The van der Waals surface area contributed by atoms with Crippen LogP contribution in [0.1, 0.15) is 49.3 Å². The number of hydrogen-bond acceptors (Lipinski definition) is 7. The number of methoxy groups -OCH3 is 1. The smallest absolute Gasteiger partial charge is 0.271 e. The highest BCUT2D eigenvalue weighted by Gasteiger charge is 2.36. The molecule has 0 radical (unpaired) electrons. The van der Waals surface area contributed by atoms with Crippen molar-refractivity contribution in [3.8, 4) is 22.9 Å². The van der Waals surface area contributed by atoms with Crippen LogP contribution in [0.5, 0.6) is 17.2 Å². The maximum atomic E-state index is 14.6. The summed E-state index contributed by atoms with van der Waals surface area (Å²) in [7, 11) is 1.62. The van der Waals surface area contributed by atoms with Crippen LogP contribution in [0.25, 0.3) is 22.5 Å². The standard InChI is InChI=1S/C37H36N4O5S/c1-7-39(8-2)36(43)32-22(4)38-37-41(34(32)33-27-12-10-9-11-24(27)13-15-29(33)44-6)35(42)31(47-37)18-25-17-21(3)40(23(25)5)26-14-16-28-30(19-26)46-20-45-28/h9-19,34H,7-8,20H2,1-6H3/b31-18-/t34-/m0/s1. The molecule has 240 valence electrons. The van der Waals surface area contributed by atoms with Crippen molar-refractivity contribution in [3.63, 3.8) is 0 Å². The number of nitrogens with zero attached hydrogens (tertiary/aromatic N) is 4. The Hall–Kier alpha value is -5.09. The highest BCUT2D eigenvalue weighted by atomic mass is 32.1. The molecule has 0 aliphatic carbocycles. The number of thiazole rings is 1. The number of carbonyl (C=O) groups is 1. The first-order chi connectivity index (χ1) is 22.7. The van der Waals surface area contributed by atoms with E-state index in [0.29, 0.717) is 45.2 Å². The molecule has 0 unspecified atom stereocenters. The Balaban J connectivity index is 1.44. The molecule has 1 amide bonds. The molecule has 2 aliphatic rings. The molecule has 3 aromatic carbocycles. The van der Waals surface area contributed by atoms with Crippen LogP contribution in [-0.2, 0) is 4.79 Å². The minimum Gasteiger partial charge on any atom is -0.496 e. The third kappa shape index (κ3) is 4.95. The number of allylic oxidation sites excluding steroid dienone is 1. The zero-order chi connectivity index (χ0) is 33.0. The molecular formula is C37H36N4O5S. The first kappa shape index (κ1) is 30.6. The molecule has 10 heteroatoms. The van der Waals surface area contributed by atoms with Gasteiger partial charge < -0.3 is 23.7 Å². The lowest BCUT2D eigenvalue weighted by atomic mass is 9.90. The number of likely N-dealkylation sites (N-methyl/N-ethyl adjacent to an activating group) is 1. The Bertz CT molecular complexity index is 2290. The van der Waals surface area contributed by atoms with Gasteiger partial charge in [0.15, 0.2) is 16.3 Å². The fourth-order valence-electron chi connectivity index (χ4n) is 6.78. The van der Waals surface area contributed by atoms with Crippen molar-refractivity contribution < 1.29 is 19.0 Å². The Morgan fingerprint density at radius 1 is 1.04 bits per heavy atom. The van der Waals surface area contributed by atoms with Gasteiger partial charge in [-0.05, 0) is 81.3 Å². The van der Waals surface area contributed by atoms with Gasteiger partial charge in [0.25, 0.3) is 11.5 Å². The van der Waals surface area contributed by atoms with Crippen molar-refractivity contribution in [2.24, 2.45) is 4.99 Å². The van der Waals surface area contributed by atoms with Gasteiger partial charge in [0.1, 0.15) is 11.8 Å². The number of aryl methyl sites for hydroxylation is 1. The minimum absolute atomic E-state index is 0.141. The topological polar surface area (TPSA) is 87.3 Å². The predicted octanol–water partition coefficient (Wildman–Crippen LogP) is 5.40. The molecular weight excluding hydrogens is 612 g/mol. The zero-order valence-corrected chi connectivity index (χ0v) is 28.1. The normalized spacial score (nSPS) is 15.6. The summed E-state index contributed by atoms with van der Waals surface area (Å²) in [6.45, 7) is 11.1. The number of aromatic nitrogens is 2. The highest BCUT2D eigenvalue weighted by molar-refractivity contribution is 7.07. The van der Waals surface area contributed by atoms with Crippen molar-refractivity contribution >= 4 is 34.1 Å². The second-order valence-corrected chi connectivity index (χ2v) is 12.7. The van der Waals surface area contributed by atoms with Gasteiger partial charge in [0.2, 0.25) is 6.79 Å². The summed E-state index contributed by atoms with van der Waals surface area (Å²) in [5, 5.41) is 1.91. The van der Waals surface area contributed by atoms with E-state index in [2.05, 4.69) is 10.6 Å². The third-order valence-electron chi connectivity index (χ3n) is 9.10. The second-order valence-electron chi connectivity index (χ2n) is 11.7. The predicted molar refractivity (Wildman–Crippen MR) is 184 cm³/mol. The molecule has 4 heterocycles. The van der Waals surface area contributed by atoms with E-state index in [1.54, 1.807) is 16.6 Å². The van der Waals surface area contributed by atoms with Crippen LogP contribution in [0.2, 0.25) is 0 Å². The number of carbonyl (C=O) groups excluding carboxylic acids is 1. The Kier molecular flexibility index (Phi) is 7.76. The summed E-state index contributed by atoms with van der Waals surface area (Å²) in [5.74, 6) is 1.90. The molecule has 0 N–H and O–H groups in total. The molecule has 7 rings (SSSR count). The van der Waals surface area contributed by atoms with Crippen molar-refractivity contribution in [2.75, 3.05) is 27.0 Å². The van der Waals surface area contributed by atoms with Crippen LogP contribution >= 0.6 is 11.3 Å².